The van der Waals surface area contributed by atoms with E-state index in [-0.39, 0.29) is 31.7 Å². The van der Waals surface area contributed by atoms with Gasteiger partial charge in [-0.1, -0.05) is 35.9 Å². The summed E-state index contributed by atoms with van der Waals surface area (Å²) < 4.78 is 35.6. The maximum absolute atomic E-state index is 13.3. The molecular formula is C29H37N3O4S. The van der Waals surface area contributed by atoms with Gasteiger partial charge in [0, 0.05) is 38.6 Å². The molecule has 1 aromatic heterocycles. The molecule has 0 fully saturated rings. The van der Waals surface area contributed by atoms with Crippen molar-refractivity contribution in [1.29, 1.82) is 0 Å². The maximum atomic E-state index is 13.3. The largest absolute Gasteiger partial charge is 0.370 e. The van der Waals surface area contributed by atoms with Crippen LogP contribution >= 0.6 is 0 Å². The molecule has 2 aromatic carbocycles. The van der Waals surface area contributed by atoms with Crippen molar-refractivity contribution in [3.8, 4) is 0 Å². The summed E-state index contributed by atoms with van der Waals surface area (Å²) in [6.07, 6.45) is 2.05. The fourth-order valence-electron chi connectivity index (χ4n) is 5.22. The van der Waals surface area contributed by atoms with E-state index in [9.17, 15) is 13.2 Å². The van der Waals surface area contributed by atoms with Gasteiger partial charge in [0.15, 0.2) is 0 Å². The number of sulfonamides is 1. The van der Waals surface area contributed by atoms with Gasteiger partial charge in [0.25, 0.3) is 0 Å². The number of nitrogens with zero attached hydrogens (tertiary/aromatic N) is 3. The maximum Gasteiger partial charge on any atom is 0.249 e. The summed E-state index contributed by atoms with van der Waals surface area (Å²) in [5.74, 6) is -0.105. The minimum absolute atomic E-state index is 0.0987. The van der Waals surface area contributed by atoms with Crippen LogP contribution in [0.2, 0.25) is 0 Å². The van der Waals surface area contributed by atoms with E-state index in [1.54, 1.807) is 7.05 Å². The zero-order valence-corrected chi connectivity index (χ0v) is 23.4. The number of carbonyl (C=O) groups excluding carboxylic acids is 1. The Hall–Kier alpha value is -2.94. The number of rotatable bonds is 8. The van der Waals surface area contributed by atoms with E-state index < -0.39 is 10.0 Å². The van der Waals surface area contributed by atoms with E-state index in [0.717, 1.165) is 34.5 Å². The minimum Gasteiger partial charge on any atom is -0.370 e. The fraction of sp³-hybridized carbons (Fsp3) is 0.414. The molecule has 1 amide bonds. The molecule has 0 N–H and O–H groups in total. The van der Waals surface area contributed by atoms with Crippen molar-refractivity contribution < 1.29 is 17.9 Å². The first-order valence-electron chi connectivity index (χ1n) is 12.6. The number of amides is 1. The molecule has 1 aliphatic heterocycles. The summed E-state index contributed by atoms with van der Waals surface area (Å²) >= 11 is 0. The number of likely N-dealkylation sites (N-methyl/N-ethyl adjacent to an activating group) is 1. The molecule has 0 bridgehead atoms. The number of hydrogen-bond donors (Lipinski definition) is 0. The predicted octanol–water partition coefficient (Wildman–Crippen LogP) is 4.30. The molecule has 0 spiro atoms. The number of carbonyl (C=O) groups is 1. The van der Waals surface area contributed by atoms with Crippen molar-refractivity contribution in [3.05, 3.63) is 87.7 Å². The molecule has 198 valence electrons. The molecule has 1 aliphatic rings. The second-order valence-corrected chi connectivity index (χ2v) is 12.0. The Labute approximate surface area is 220 Å². The summed E-state index contributed by atoms with van der Waals surface area (Å²) in [4.78, 5) is 15.5. The molecular weight excluding hydrogens is 486 g/mol. The summed E-state index contributed by atoms with van der Waals surface area (Å²) in [6.45, 7) is 11.3. The van der Waals surface area contributed by atoms with Crippen LogP contribution in [0.1, 0.15) is 45.1 Å². The van der Waals surface area contributed by atoms with Crippen molar-refractivity contribution in [3.63, 3.8) is 0 Å². The lowest BCUT2D eigenvalue weighted by Gasteiger charge is -2.37. The highest BCUT2D eigenvalue weighted by Gasteiger charge is 2.32. The monoisotopic (exact) mass is 523 g/mol. The molecule has 4 rings (SSSR count). The molecule has 0 radical (unpaired) electrons. The van der Waals surface area contributed by atoms with E-state index in [1.165, 1.54) is 15.4 Å². The van der Waals surface area contributed by atoms with E-state index in [4.69, 9.17) is 4.74 Å². The molecule has 8 heteroatoms. The van der Waals surface area contributed by atoms with Crippen LogP contribution in [0.15, 0.2) is 53.6 Å². The van der Waals surface area contributed by atoms with E-state index in [1.807, 2.05) is 43.9 Å². The molecule has 37 heavy (non-hydrogen) atoms. The highest BCUT2D eigenvalue weighted by Crippen LogP contribution is 2.33. The zero-order chi connectivity index (χ0) is 26.9. The molecule has 7 nitrogen and oxygen atoms in total. The van der Waals surface area contributed by atoms with Crippen LogP contribution in [0.25, 0.3) is 0 Å². The van der Waals surface area contributed by atoms with Crippen molar-refractivity contribution in [2.75, 3.05) is 33.4 Å². The first kappa shape index (κ1) is 27.1. The molecule has 1 unspecified atom stereocenters. The van der Waals surface area contributed by atoms with Gasteiger partial charge < -0.3 is 14.2 Å². The summed E-state index contributed by atoms with van der Waals surface area (Å²) in [5.41, 5.74) is 7.05. The lowest BCUT2D eigenvalue weighted by molar-refractivity contribution is -0.138. The number of benzene rings is 2. The van der Waals surface area contributed by atoms with Crippen molar-refractivity contribution in [2.45, 2.75) is 52.1 Å². The van der Waals surface area contributed by atoms with E-state index in [2.05, 4.69) is 48.9 Å². The Morgan fingerprint density at radius 2 is 1.68 bits per heavy atom. The summed E-state index contributed by atoms with van der Waals surface area (Å²) in [6, 6.07) is 14.0. The van der Waals surface area contributed by atoms with E-state index >= 15 is 0 Å². The number of ether oxygens (including phenoxy) is 1. The second kappa shape index (κ2) is 10.8. The van der Waals surface area contributed by atoms with Crippen molar-refractivity contribution >= 4 is 15.9 Å². The predicted molar refractivity (Wildman–Crippen MR) is 145 cm³/mol. The van der Waals surface area contributed by atoms with Gasteiger partial charge in [-0.2, -0.15) is 4.31 Å². The lowest BCUT2D eigenvalue weighted by Crippen LogP contribution is -2.44. The fourth-order valence-corrected chi connectivity index (χ4v) is 6.78. The molecule has 0 aliphatic carbocycles. The summed E-state index contributed by atoms with van der Waals surface area (Å²) in [5, 5.41) is 0. The lowest BCUT2D eigenvalue weighted by atomic mass is 9.96. The van der Waals surface area contributed by atoms with Gasteiger partial charge in [0.05, 0.1) is 17.5 Å². The average Bonchev–Trinajstić information content (AvgIpc) is 3.30. The van der Waals surface area contributed by atoms with Gasteiger partial charge in [-0.05, 0) is 74.6 Å². The topological polar surface area (TPSA) is 71.8 Å². The van der Waals surface area contributed by atoms with Crippen molar-refractivity contribution in [2.24, 2.45) is 0 Å². The Morgan fingerprint density at radius 3 is 2.35 bits per heavy atom. The quantitative estimate of drug-likeness (QED) is 0.413. The third-order valence-corrected chi connectivity index (χ3v) is 9.42. The van der Waals surface area contributed by atoms with Crippen LogP contribution in [0, 0.1) is 34.6 Å². The zero-order valence-electron chi connectivity index (χ0n) is 22.6. The average molecular weight is 524 g/mol. The molecule has 3 aromatic rings. The number of aromatic nitrogens is 1. The first-order chi connectivity index (χ1) is 17.5. The second-order valence-electron chi connectivity index (χ2n) is 10.1. The van der Waals surface area contributed by atoms with Crippen LogP contribution in [0.3, 0.4) is 0 Å². The molecule has 0 saturated carbocycles. The normalized spacial score (nSPS) is 15.8. The first-order valence-corrected chi connectivity index (χ1v) is 14.1. The Morgan fingerprint density at radius 1 is 0.973 bits per heavy atom. The van der Waals surface area contributed by atoms with Crippen molar-refractivity contribution in [1.82, 2.24) is 13.8 Å². The third kappa shape index (κ3) is 5.51. The van der Waals surface area contributed by atoms with Crippen LogP contribution < -0.4 is 0 Å². The Bertz CT molecular complexity index is 1390. The van der Waals surface area contributed by atoms with Crippen LogP contribution in [0.4, 0.5) is 0 Å². The Kier molecular flexibility index (Phi) is 7.92. The summed E-state index contributed by atoms with van der Waals surface area (Å²) in [7, 11) is -2.11. The van der Waals surface area contributed by atoms with Crippen LogP contribution in [0.5, 0.6) is 0 Å². The van der Waals surface area contributed by atoms with Gasteiger partial charge >= 0.3 is 0 Å². The number of hydrogen-bond acceptors (Lipinski definition) is 4. The van der Waals surface area contributed by atoms with Crippen LogP contribution in [-0.4, -0.2) is 61.4 Å². The van der Waals surface area contributed by atoms with Gasteiger partial charge in [0.2, 0.25) is 15.9 Å². The highest BCUT2D eigenvalue weighted by molar-refractivity contribution is 7.89. The van der Waals surface area contributed by atoms with Gasteiger partial charge in [-0.15, -0.1) is 0 Å². The molecule has 2 heterocycles. The smallest absolute Gasteiger partial charge is 0.249 e. The number of fused-ring (bicyclic) bond motifs is 1. The standard InChI is InChI=1S/C29H37N3O4S/c1-20-16-23(4)29(24(5)17-20)37(34,35)30(6)14-15-36-19-27(33)32-13-12-31-11-7-8-26(31)28(32)25-10-9-21(2)22(3)18-25/h7-11,16-18,28H,12-15,19H2,1-6H3. The third-order valence-electron chi connectivity index (χ3n) is 7.25. The highest BCUT2D eigenvalue weighted by atomic mass is 32.2. The van der Waals surface area contributed by atoms with Gasteiger partial charge in [-0.3, -0.25) is 4.79 Å². The minimum atomic E-state index is -3.66. The Balaban J connectivity index is 1.42. The molecule has 0 saturated heterocycles. The van der Waals surface area contributed by atoms with E-state index in [0.29, 0.717) is 11.4 Å². The number of aryl methyl sites for hydroxylation is 5. The molecule has 1 atom stereocenters. The van der Waals surface area contributed by atoms with Crippen LogP contribution in [-0.2, 0) is 26.1 Å². The van der Waals surface area contributed by atoms with Gasteiger partial charge in [0.1, 0.15) is 6.61 Å². The van der Waals surface area contributed by atoms with Gasteiger partial charge in [-0.25, -0.2) is 8.42 Å². The SMILES string of the molecule is Cc1cc(C)c(S(=O)(=O)N(C)CCOCC(=O)N2CCn3cccc3C2c2ccc(C)c(C)c2)c(C)c1.